The van der Waals surface area contributed by atoms with E-state index < -0.39 is 5.60 Å². The van der Waals surface area contributed by atoms with Gasteiger partial charge < -0.3 is 10.0 Å². The fraction of sp³-hybridized carbons (Fsp3) is 0.524. The Kier molecular flexibility index (Phi) is 4.35. The number of hydrogen-bond donors (Lipinski definition) is 1. The van der Waals surface area contributed by atoms with Crippen LogP contribution in [0.15, 0.2) is 29.2 Å². The summed E-state index contributed by atoms with van der Waals surface area (Å²) in [5.74, 6) is 0. The van der Waals surface area contributed by atoms with Crippen LogP contribution in [0.5, 0.6) is 0 Å². The van der Waals surface area contributed by atoms with Gasteiger partial charge in [0.1, 0.15) is 5.65 Å². The minimum atomic E-state index is -0.674. The summed E-state index contributed by atoms with van der Waals surface area (Å²) in [7, 11) is 1.84. The molecule has 1 aliphatic rings. The van der Waals surface area contributed by atoms with Gasteiger partial charge in [-0.3, -0.25) is 9.36 Å². The predicted molar refractivity (Wildman–Crippen MR) is 108 cm³/mol. The predicted octanol–water partition coefficient (Wildman–Crippen LogP) is 2.60. The SMILES string of the molecule is Cc1ccc2c(c1)c(=O)n(C)c1c2cnn1C1CCN(CC(C)(C)O)CC1. The molecule has 0 radical (unpaired) electrons. The molecule has 1 N–H and O–H groups in total. The lowest BCUT2D eigenvalue weighted by Gasteiger charge is -2.35. The zero-order chi connectivity index (χ0) is 19.3. The maximum atomic E-state index is 12.9. The smallest absolute Gasteiger partial charge is 0.259 e. The number of β-amino-alcohol motifs (C(OH)–C–C–N with tert-alkyl or cyclic N) is 1. The van der Waals surface area contributed by atoms with Gasteiger partial charge in [0.2, 0.25) is 0 Å². The highest BCUT2D eigenvalue weighted by Crippen LogP contribution is 2.29. The summed E-state index contributed by atoms with van der Waals surface area (Å²) in [6.07, 6.45) is 3.83. The Labute approximate surface area is 159 Å². The first-order chi connectivity index (χ1) is 12.7. The molecule has 0 amide bonds. The Morgan fingerprint density at radius 2 is 1.89 bits per heavy atom. The summed E-state index contributed by atoms with van der Waals surface area (Å²) in [5, 5.41) is 17.5. The average molecular weight is 368 g/mol. The van der Waals surface area contributed by atoms with Gasteiger partial charge in [0.05, 0.1) is 17.8 Å². The molecule has 6 heteroatoms. The molecule has 1 saturated heterocycles. The molecule has 0 bridgehead atoms. The van der Waals surface area contributed by atoms with E-state index in [0.717, 1.165) is 53.3 Å². The van der Waals surface area contributed by atoms with E-state index in [1.54, 1.807) is 4.57 Å². The van der Waals surface area contributed by atoms with Crippen molar-refractivity contribution in [1.82, 2.24) is 19.2 Å². The van der Waals surface area contributed by atoms with Crippen molar-refractivity contribution < 1.29 is 5.11 Å². The Balaban J connectivity index is 1.71. The topological polar surface area (TPSA) is 63.3 Å². The Hall–Kier alpha value is -2.18. The molecule has 0 spiro atoms. The third-order valence-electron chi connectivity index (χ3n) is 5.60. The Morgan fingerprint density at radius 1 is 1.19 bits per heavy atom. The number of hydrogen-bond acceptors (Lipinski definition) is 4. The minimum Gasteiger partial charge on any atom is -0.389 e. The van der Waals surface area contributed by atoms with Crippen LogP contribution in [0.1, 0.15) is 38.3 Å². The van der Waals surface area contributed by atoms with Crippen molar-refractivity contribution in [2.24, 2.45) is 7.05 Å². The van der Waals surface area contributed by atoms with E-state index in [1.165, 1.54) is 0 Å². The quantitative estimate of drug-likeness (QED) is 0.772. The second-order valence-corrected chi connectivity index (χ2v) is 8.56. The number of benzene rings is 1. The van der Waals surface area contributed by atoms with E-state index in [1.807, 2.05) is 56.9 Å². The van der Waals surface area contributed by atoms with Gasteiger partial charge in [-0.25, -0.2) is 4.68 Å². The number of nitrogens with zero attached hydrogens (tertiary/aromatic N) is 4. The van der Waals surface area contributed by atoms with Crippen molar-refractivity contribution in [2.75, 3.05) is 19.6 Å². The largest absolute Gasteiger partial charge is 0.389 e. The summed E-state index contributed by atoms with van der Waals surface area (Å²) < 4.78 is 3.78. The molecule has 1 aromatic carbocycles. The first-order valence-corrected chi connectivity index (χ1v) is 9.66. The molecular weight excluding hydrogens is 340 g/mol. The lowest BCUT2D eigenvalue weighted by atomic mass is 10.0. The standard InChI is InChI=1S/C21H28N4O2/c1-14-5-6-16-17(11-14)20(26)23(4)19-18(16)12-22-25(19)15-7-9-24(10-8-15)13-21(2,3)27/h5-6,11-12,15,27H,7-10,13H2,1-4H3. The van der Waals surface area contributed by atoms with Crippen LogP contribution in [0, 0.1) is 6.92 Å². The van der Waals surface area contributed by atoms with Gasteiger partial charge in [0.15, 0.2) is 0 Å². The van der Waals surface area contributed by atoms with Gasteiger partial charge in [-0.2, -0.15) is 5.10 Å². The van der Waals surface area contributed by atoms with Crippen molar-refractivity contribution in [2.45, 2.75) is 45.3 Å². The highest BCUT2D eigenvalue weighted by Gasteiger charge is 2.27. The molecule has 144 valence electrons. The molecule has 1 fully saturated rings. The first kappa shape index (κ1) is 18.2. The van der Waals surface area contributed by atoms with Crippen LogP contribution in [0.2, 0.25) is 0 Å². The van der Waals surface area contributed by atoms with Crippen molar-refractivity contribution in [3.63, 3.8) is 0 Å². The molecule has 27 heavy (non-hydrogen) atoms. The normalized spacial score (nSPS) is 17.2. The second-order valence-electron chi connectivity index (χ2n) is 8.56. The van der Waals surface area contributed by atoms with Gasteiger partial charge in [-0.1, -0.05) is 17.7 Å². The molecule has 6 nitrogen and oxygen atoms in total. The van der Waals surface area contributed by atoms with Gasteiger partial charge in [-0.05, 0) is 45.1 Å². The van der Waals surface area contributed by atoms with Gasteiger partial charge >= 0.3 is 0 Å². The van der Waals surface area contributed by atoms with Crippen molar-refractivity contribution in [1.29, 1.82) is 0 Å². The number of rotatable bonds is 3. The van der Waals surface area contributed by atoms with Gasteiger partial charge in [0.25, 0.3) is 5.56 Å². The number of aliphatic hydroxyl groups is 1. The Morgan fingerprint density at radius 3 is 2.56 bits per heavy atom. The van der Waals surface area contributed by atoms with E-state index in [4.69, 9.17) is 0 Å². The number of pyridine rings is 1. The van der Waals surface area contributed by atoms with E-state index >= 15 is 0 Å². The first-order valence-electron chi connectivity index (χ1n) is 9.66. The molecule has 0 unspecified atom stereocenters. The van der Waals surface area contributed by atoms with Crippen LogP contribution in [0.4, 0.5) is 0 Å². The molecule has 0 saturated carbocycles. The third-order valence-corrected chi connectivity index (χ3v) is 5.60. The summed E-state index contributed by atoms with van der Waals surface area (Å²) >= 11 is 0. The monoisotopic (exact) mass is 368 g/mol. The summed E-state index contributed by atoms with van der Waals surface area (Å²) in [4.78, 5) is 15.2. The summed E-state index contributed by atoms with van der Waals surface area (Å²) in [6.45, 7) is 8.24. The number of piperidine rings is 1. The van der Waals surface area contributed by atoms with Crippen LogP contribution >= 0.6 is 0 Å². The van der Waals surface area contributed by atoms with Crippen molar-refractivity contribution in [3.8, 4) is 0 Å². The van der Waals surface area contributed by atoms with Gasteiger partial charge in [-0.15, -0.1) is 0 Å². The highest BCUT2D eigenvalue weighted by atomic mass is 16.3. The molecule has 1 aliphatic heterocycles. The molecule has 4 rings (SSSR count). The molecular formula is C21H28N4O2. The van der Waals surface area contributed by atoms with E-state index in [0.29, 0.717) is 6.54 Å². The zero-order valence-corrected chi connectivity index (χ0v) is 16.6. The third kappa shape index (κ3) is 3.28. The fourth-order valence-corrected chi connectivity index (χ4v) is 4.36. The van der Waals surface area contributed by atoms with Crippen LogP contribution in [0.3, 0.4) is 0 Å². The van der Waals surface area contributed by atoms with Crippen LogP contribution in [0.25, 0.3) is 21.8 Å². The van der Waals surface area contributed by atoms with Crippen LogP contribution < -0.4 is 5.56 Å². The fourth-order valence-electron chi connectivity index (χ4n) is 4.36. The van der Waals surface area contributed by atoms with Crippen molar-refractivity contribution in [3.05, 3.63) is 40.3 Å². The summed E-state index contributed by atoms with van der Waals surface area (Å²) in [5.41, 5.74) is 1.34. The summed E-state index contributed by atoms with van der Waals surface area (Å²) in [6, 6.07) is 6.32. The molecule has 3 heterocycles. The molecule has 0 aliphatic carbocycles. The van der Waals surface area contributed by atoms with Gasteiger partial charge in [0, 0.05) is 37.5 Å². The van der Waals surface area contributed by atoms with E-state index in [9.17, 15) is 9.90 Å². The number of aryl methyl sites for hydroxylation is 2. The van der Waals surface area contributed by atoms with Crippen LogP contribution in [-0.2, 0) is 7.05 Å². The van der Waals surface area contributed by atoms with E-state index in [-0.39, 0.29) is 11.6 Å². The maximum absolute atomic E-state index is 12.9. The highest BCUT2D eigenvalue weighted by molar-refractivity contribution is 6.04. The second kappa shape index (κ2) is 6.46. The Bertz CT molecular complexity index is 1050. The average Bonchev–Trinajstić information content (AvgIpc) is 3.04. The maximum Gasteiger partial charge on any atom is 0.259 e. The molecule has 0 atom stereocenters. The zero-order valence-electron chi connectivity index (χ0n) is 16.6. The number of aromatic nitrogens is 3. The number of likely N-dealkylation sites (tertiary alicyclic amines) is 1. The number of fused-ring (bicyclic) bond motifs is 3. The molecule has 3 aromatic rings. The van der Waals surface area contributed by atoms with E-state index in [2.05, 4.69) is 10.00 Å². The molecule has 2 aromatic heterocycles. The van der Waals surface area contributed by atoms with Crippen LogP contribution in [-0.4, -0.2) is 49.6 Å². The van der Waals surface area contributed by atoms with Crippen molar-refractivity contribution >= 4 is 21.8 Å². The lowest BCUT2D eigenvalue weighted by Crippen LogP contribution is -2.43. The minimum absolute atomic E-state index is 0.0300. The lowest BCUT2D eigenvalue weighted by molar-refractivity contribution is 0.0247.